The number of hydrogen-bond acceptors (Lipinski definition) is 5. The van der Waals surface area contributed by atoms with Gasteiger partial charge in [0.25, 0.3) is 5.91 Å². The minimum absolute atomic E-state index is 0.118. The molecule has 6 heteroatoms. The van der Waals surface area contributed by atoms with Crippen molar-refractivity contribution in [2.45, 2.75) is 58.2 Å². The van der Waals surface area contributed by atoms with E-state index in [2.05, 4.69) is 10.3 Å². The van der Waals surface area contributed by atoms with Gasteiger partial charge in [0.1, 0.15) is 6.61 Å². The van der Waals surface area contributed by atoms with Crippen molar-refractivity contribution in [1.82, 2.24) is 10.3 Å². The zero-order valence-electron chi connectivity index (χ0n) is 17.8. The van der Waals surface area contributed by atoms with Gasteiger partial charge in [-0.15, -0.1) is 0 Å². The average Bonchev–Trinajstić information content (AvgIpc) is 2.79. The third-order valence-electron chi connectivity index (χ3n) is 5.14. The van der Waals surface area contributed by atoms with Gasteiger partial charge in [-0.2, -0.15) is 0 Å². The van der Waals surface area contributed by atoms with Crippen molar-refractivity contribution in [3.05, 3.63) is 53.9 Å². The maximum atomic E-state index is 12.5. The smallest absolute Gasteiger partial charge is 0.251 e. The Labute approximate surface area is 178 Å². The van der Waals surface area contributed by atoms with Crippen LogP contribution in [0.3, 0.4) is 0 Å². The molecule has 0 atom stereocenters. The van der Waals surface area contributed by atoms with E-state index >= 15 is 0 Å². The zero-order valence-corrected chi connectivity index (χ0v) is 17.8. The van der Waals surface area contributed by atoms with Crippen LogP contribution in [-0.4, -0.2) is 36.8 Å². The van der Waals surface area contributed by atoms with Crippen molar-refractivity contribution in [3.63, 3.8) is 0 Å². The zero-order chi connectivity index (χ0) is 21.0. The molecule has 1 saturated carbocycles. The minimum atomic E-state index is -0.118. The lowest BCUT2D eigenvalue weighted by Crippen LogP contribution is -2.26. The number of pyridine rings is 1. The second-order valence-electron chi connectivity index (χ2n) is 7.48. The van der Waals surface area contributed by atoms with Crippen LogP contribution in [0.15, 0.2) is 42.7 Å². The van der Waals surface area contributed by atoms with Gasteiger partial charge in [-0.1, -0.05) is 25.3 Å². The highest BCUT2D eigenvalue weighted by atomic mass is 16.5. The Morgan fingerprint density at radius 3 is 2.77 bits per heavy atom. The number of ether oxygens (including phenoxy) is 3. The molecule has 3 rings (SSSR count). The van der Waals surface area contributed by atoms with Crippen LogP contribution in [0.1, 0.15) is 61.4 Å². The number of carbonyl (C=O) groups excluding carboxylic acids is 1. The Morgan fingerprint density at radius 1 is 1.13 bits per heavy atom. The molecule has 1 aromatic heterocycles. The molecule has 2 aromatic rings. The van der Waals surface area contributed by atoms with Gasteiger partial charge in [0.05, 0.1) is 12.7 Å². The van der Waals surface area contributed by atoms with Crippen molar-refractivity contribution in [1.29, 1.82) is 0 Å². The van der Waals surface area contributed by atoms with Crippen LogP contribution in [-0.2, 0) is 11.3 Å². The van der Waals surface area contributed by atoms with E-state index in [1.807, 2.05) is 19.1 Å². The fourth-order valence-electron chi connectivity index (χ4n) is 3.54. The van der Waals surface area contributed by atoms with Crippen LogP contribution in [0.5, 0.6) is 11.5 Å². The number of amides is 1. The van der Waals surface area contributed by atoms with E-state index in [1.54, 1.807) is 30.6 Å². The Morgan fingerprint density at radius 2 is 2.00 bits per heavy atom. The third-order valence-corrected chi connectivity index (χ3v) is 5.14. The highest BCUT2D eigenvalue weighted by Crippen LogP contribution is 2.29. The molecule has 1 fully saturated rings. The van der Waals surface area contributed by atoms with Crippen LogP contribution in [0, 0.1) is 0 Å². The molecule has 0 spiro atoms. The third kappa shape index (κ3) is 7.02. The number of benzene rings is 1. The summed E-state index contributed by atoms with van der Waals surface area (Å²) in [6, 6.07) is 9.09. The molecular formula is C24H32N2O4. The van der Waals surface area contributed by atoms with Gasteiger partial charge in [0.15, 0.2) is 11.5 Å². The summed E-state index contributed by atoms with van der Waals surface area (Å²) in [6.07, 6.45) is 10.9. The monoisotopic (exact) mass is 412 g/mol. The normalized spacial score (nSPS) is 14.3. The van der Waals surface area contributed by atoms with E-state index < -0.39 is 0 Å². The van der Waals surface area contributed by atoms with Crippen molar-refractivity contribution in [2.24, 2.45) is 0 Å². The van der Waals surface area contributed by atoms with E-state index in [9.17, 15) is 4.79 Å². The average molecular weight is 413 g/mol. The van der Waals surface area contributed by atoms with E-state index in [1.165, 1.54) is 32.1 Å². The van der Waals surface area contributed by atoms with Crippen molar-refractivity contribution >= 4 is 5.91 Å². The summed E-state index contributed by atoms with van der Waals surface area (Å²) in [7, 11) is 0. The minimum Gasteiger partial charge on any atom is -0.490 e. The maximum Gasteiger partial charge on any atom is 0.251 e. The number of aromatic nitrogens is 1. The number of carbonyl (C=O) groups is 1. The molecular weight excluding hydrogens is 380 g/mol. The van der Waals surface area contributed by atoms with Gasteiger partial charge >= 0.3 is 0 Å². The maximum absolute atomic E-state index is 12.5. The van der Waals surface area contributed by atoms with E-state index in [0.717, 1.165) is 12.0 Å². The molecule has 0 radical (unpaired) electrons. The summed E-state index contributed by atoms with van der Waals surface area (Å²) in [5.41, 5.74) is 1.53. The van der Waals surface area contributed by atoms with Gasteiger partial charge in [0, 0.05) is 36.7 Å². The lowest BCUT2D eigenvalue weighted by molar-refractivity contribution is 0.0273. The van der Waals surface area contributed by atoms with Crippen LogP contribution in [0.25, 0.3) is 0 Å². The molecule has 0 aliphatic heterocycles. The Hall–Kier alpha value is -2.60. The number of nitrogens with zero attached hydrogens (tertiary/aromatic N) is 1. The number of rotatable bonds is 11. The summed E-state index contributed by atoms with van der Waals surface area (Å²) in [4.78, 5) is 16.6. The van der Waals surface area contributed by atoms with E-state index in [0.29, 0.717) is 49.5 Å². The summed E-state index contributed by atoms with van der Waals surface area (Å²) >= 11 is 0. The highest BCUT2D eigenvalue weighted by molar-refractivity contribution is 5.94. The molecule has 30 heavy (non-hydrogen) atoms. The first kappa shape index (κ1) is 22.1. The largest absolute Gasteiger partial charge is 0.490 e. The molecule has 1 heterocycles. The van der Waals surface area contributed by atoms with Crippen LogP contribution in [0.4, 0.5) is 0 Å². The predicted molar refractivity (Wildman–Crippen MR) is 116 cm³/mol. The first-order chi connectivity index (χ1) is 14.8. The van der Waals surface area contributed by atoms with Gasteiger partial charge < -0.3 is 19.5 Å². The molecule has 0 bridgehead atoms. The second-order valence-corrected chi connectivity index (χ2v) is 7.48. The fourth-order valence-corrected chi connectivity index (χ4v) is 3.54. The molecule has 1 aliphatic rings. The topological polar surface area (TPSA) is 69.7 Å². The molecule has 162 valence electrons. The van der Waals surface area contributed by atoms with Crippen molar-refractivity contribution in [2.75, 3.05) is 19.8 Å². The first-order valence-electron chi connectivity index (χ1n) is 10.9. The summed E-state index contributed by atoms with van der Waals surface area (Å²) in [5, 5.41) is 2.96. The van der Waals surface area contributed by atoms with E-state index in [-0.39, 0.29) is 5.91 Å². The quantitative estimate of drug-likeness (QED) is 0.549. The Kier molecular flexibility index (Phi) is 8.97. The number of hydrogen-bond donors (Lipinski definition) is 1. The summed E-state index contributed by atoms with van der Waals surface area (Å²) < 4.78 is 17.5. The van der Waals surface area contributed by atoms with Crippen LogP contribution < -0.4 is 14.8 Å². The molecule has 6 nitrogen and oxygen atoms in total. The molecule has 1 aromatic carbocycles. The fraction of sp³-hybridized carbons (Fsp3) is 0.500. The van der Waals surface area contributed by atoms with Crippen molar-refractivity contribution < 1.29 is 19.0 Å². The van der Waals surface area contributed by atoms with Crippen LogP contribution in [0.2, 0.25) is 0 Å². The van der Waals surface area contributed by atoms with Gasteiger partial charge in [-0.3, -0.25) is 9.78 Å². The Bertz CT molecular complexity index is 776. The van der Waals surface area contributed by atoms with Gasteiger partial charge in [-0.05, 0) is 50.5 Å². The van der Waals surface area contributed by atoms with Gasteiger partial charge in [-0.25, -0.2) is 0 Å². The molecule has 1 amide bonds. The van der Waals surface area contributed by atoms with Gasteiger partial charge in [0.2, 0.25) is 0 Å². The lowest BCUT2D eigenvalue weighted by atomic mass is 9.98. The lowest BCUT2D eigenvalue weighted by Gasteiger charge is -2.21. The molecule has 0 unspecified atom stereocenters. The second kappa shape index (κ2) is 12.2. The SMILES string of the molecule is CCOc1cc(C(=O)NCCCOC2CCCCC2)ccc1OCc1cccnc1. The van der Waals surface area contributed by atoms with E-state index in [4.69, 9.17) is 14.2 Å². The summed E-state index contributed by atoms with van der Waals surface area (Å²) in [5.74, 6) is 1.06. The standard InChI is InChI=1S/C24H32N2O4/c1-2-28-23-16-20(11-12-22(23)30-18-19-8-6-13-25-17-19)24(27)26-14-7-15-29-21-9-4-3-5-10-21/h6,8,11-13,16-17,21H,2-5,7,9-10,14-15,18H2,1H3,(H,26,27). The number of nitrogens with one attached hydrogen (secondary N) is 1. The molecule has 1 aliphatic carbocycles. The summed E-state index contributed by atoms with van der Waals surface area (Å²) in [6.45, 7) is 4.07. The molecule has 0 saturated heterocycles. The Balaban J connectivity index is 1.46. The molecule has 1 N–H and O–H groups in total. The predicted octanol–water partition coefficient (Wildman–Crippen LogP) is 4.53. The first-order valence-corrected chi connectivity index (χ1v) is 10.9. The van der Waals surface area contributed by atoms with Crippen molar-refractivity contribution in [3.8, 4) is 11.5 Å². The highest BCUT2D eigenvalue weighted by Gasteiger charge is 2.14. The van der Waals surface area contributed by atoms with Crippen LogP contribution >= 0.6 is 0 Å².